The van der Waals surface area contributed by atoms with Gasteiger partial charge in [-0.1, -0.05) is 30.3 Å². The van der Waals surface area contributed by atoms with Crippen LogP contribution in [0.15, 0.2) is 53.6 Å². The summed E-state index contributed by atoms with van der Waals surface area (Å²) < 4.78 is 5.83. The zero-order valence-corrected chi connectivity index (χ0v) is 16.8. The molecule has 0 bridgehead atoms. The number of carboxylic acids is 1. The minimum absolute atomic E-state index is 0.231. The number of carboxylic acid groups (broad SMARTS) is 1. The van der Waals surface area contributed by atoms with Crippen molar-refractivity contribution in [1.82, 2.24) is 19.9 Å². The zero-order chi connectivity index (χ0) is 22.0. The van der Waals surface area contributed by atoms with Gasteiger partial charge in [0, 0.05) is 0 Å². The number of aromatic amines is 2. The highest BCUT2D eigenvalue weighted by Gasteiger charge is 2.15. The summed E-state index contributed by atoms with van der Waals surface area (Å²) >= 11 is 0. The first kappa shape index (κ1) is 20.3. The number of ether oxygens (including phenoxy) is 1. The van der Waals surface area contributed by atoms with Crippen LogP contribution in [0.25, 0.3) is 33.7 Å². The van der Waals surface area contributed by atoms with Crippen molar-refractivity contribution in [2.45, 2.75) is 19.4 Å². The standard InChI is InChI=1S/C22H21N5O4/c1-2-31-17-10-14(13-5-3-4-12(8-13)9-16(23)22(29)30)6-7-15(17)19-26-20-18(21(28)27-19)24-11-25-20/h3-8,10-11,16H,2,9,23H2,1H3,(H,29,30)(H2,24,25,26,27,28)/t16-/m1/s1. The molecule has 4 rings (SSSR count). The molecule has 0 unspecified atom stereocenters. The van der Waals surface area contributed by atoms with E-state index in [9.17, 15) is 9.59 Å². The highest BCUT2D eigenvalue weighted by molar-refractivity contribution is 5.77. The minimum Gasteiger partial charge on any atom is -0.493 e. The van der Waals surface area contributed by atoms with Crippen LogP contribution in [0.4, 0.5) is 0 Å². The van der Waals surface area contributed by atoms with Gasteiger partial charge in [-0.15, -0.1) is 0 Å². The molecule has 9 heteroatoms. The molecule has 0 fully saturated rings. The highest BCUT2D eigenvalue weighted by atomic mass is 16.5. The highest BCUT2D eigenvalue weighted by Crippen LogP contribution is 2.33. The Bertz CT molecular complexity index is 1310. The number of imidazole rings is 1. The summed E-state index contributed by atoms with van der Waals surface area (Å²) in [4.78, 5) is 37.4. The number of H-pyrrole nitrogens is 2. The van der Waals surface area contributed by atoms with Crippen molar-refractivity contribution in [1.29, 1.82) is 0 Å². The lowest BCUT2D eigenvalue weighted by Gasteiger charge is -2.13. The molecule has 0 amide bonds. The number of rotatable bonds is 7. The van der Waals surface area contributed by atoms with Gasteiger partial charge in [0.15, 0.2) is 11.2 Å². The molecular weight excluding hydrogens is 398 g/mol. The van der Waals surface area contributed by atoms with Crippen molar-refractivity contribution in [2.24, 2.45) is 5.73 Å². The van der Waals surface area contributed by atoms with Crippen LogP contribution in [0.5, 0.6) is 5.75 Å². The maximum Gasteiger partial charge on any atom is 0.320 e. The molecule has 0 spiro atoms. The van der Waals surface area contributed by atoms with Gasteiger partial charge >= 0.3 is 5.97 Å². The van der Waals surface area contributed by atoms with Gasteiger partial charge in [0.25, 0.3) is 5.56 Å². The van der Waals surface area contributed by atoms with E-state index < -0.39 is 12.0 Å². The average Bonchev–Trinajstić information content (AvgIpc) is 3.23. The number of nitrogens with two attached hydrogens (primary N) is 1. The number of hydrogen-bond acceptors (Lipinski definition) is 6. The Morgan fingerprint density at radius 2 is 2.03 bits per heavy atom. The smallest absolute Gasteiger partial charge is 0.320 e. The van der Waals surface area contributed by atoms with E-state index in [1.807, 2.05) is 49.4 Å². The third-order valence-electron chi connectivity index (χ3n) is 4.87. The van der Waals surface area contributed by atoms with E-state index in [1.54, 1.807) is 0 Å². The fourth-order valence-electron chi connectivity index (χ4n) is 3.36. The summed E-state index contributed by atoms with van der Waals surface area (Å²) in [6.45, 7) is 2.30. The van der Waals surface area contributed by atoms with Crippen molar-refractivity contribution < 1.29 is 14.6 Å². The van der Waals surface area contributed by atoms with Gasteiger partial charge in [-0.2, -0.15) is 0 Å². The van der Waals surface area contributed by atoms with Crippen LogP contribution < -0.4 is 16.0 Å². The fourth-order valence-corrected chi connectivity index (χ4v) is 3.36. The number of fused-ring (bicyclic) bond motifs is 1. The van der Waals surface area contributed by atoms with Gasteiger partial charge in [-0.25, -0.2) is 9.97 Å². The van der Waals surface area contributed by atoms with E-state index in [-0.39, 0.29) is 12.0 Å². The maximum absolute atomic E-state index is 12.3. The van der Waals surface area contributed by atoms with E-state index in [4.69, 9.17) is 15.6 Å². The van der Waals surface area contributed by atoms with Crippen LogP contribution in [0.2, 0.25) is 0 Å². The van der Waals surface area contributed by atoms with Gasteiger partial charge in [-0.3, -0.25) is 9.59 Å². The van der Waals surface area contributed by atoms with Crippen LogP contribution in [-0.4, -0.2) is 43.7 Å². The number of benzene rings is 2. The molecule has 1 atom stereocenters. The number of nitrogens with zero attached hydrogens (tertiary/aromatic N) is 2. The molecule has 158 valence electrons. The molecule has 0 aliphatic rings. The molecule has 0 saturated heterocycles. The second kappa shape index (κ2) is 8.41. The Morgan fingerprint density at radius 1 is 1.23 bits per heavy atom. The largest absolute Gasteiger partial charge is 0.493 e. The van der Waals surface area contributed by atoms with Crippen molar-refractivity contribution in [3.8, 4) is 28.3 Å². The van der Waals surface area contributed by atoms with E-state index in [1.165, 1.54) is 6.33 Å². The Kier molecular flexibility index (Phi) is 5.50. The Morgan fingerprint density at radius 3 is 2.81 bits per heavy atom. The SMILES string of the molecule is CCOc1cc(-c2cccc(C[C@@H](N)C(=O)O)c2)ccc1-c1nc2nc[nH]c2c(=O)[nH]1. The van der Waals surface area contributed by atoms with Gasteiger partial charge in [0.05, 0.1) is 18.5 Å². The predicted molar refractivity (Wildman–Crippen MR) is 116 cm³/mol. The minimum atomic E-state index is -1.04. The topological polar surface area (TPSA) is 147 Å². The van der Waals surface area contributed by atoms with Crippen LogP contribution in [0, 0.1) is 0 Å². The number of nitrogens with one attached hydrogen (secondary N) is 2. The monoisotopic (exact) mass is 419 g/mol. The maximum atomic E-state index is 12.3. The Hall–Kier alpha value is -3.98. The van der Waals surface area contributed by atoms with E-state index in [0.717, 1.165) is 16.7 Å². The lowest BCUT2D eigenvalue weighted by atomic mass is 9.98. The summed E-state index contributed by atoms with van der Waals surface area (Å²) in [6, 6.07) is 12.2. The van der Waals surface area contributed by atoms with E-state index in [0.29, 0.717) is 34.9 Å². The fraction of sp³-hybridized carbons (Fsp3) is 0.182. The normalized spacial score (nSPS) is 12.1. The first-order chi connectivity index (χ1) is 15.0. The third-order valence-corrected chi connectivity index (χ3v) is 4.87. The number of hydrogen-bond donors (Lipinski definition) is 4. The van der Waals surface area contributed by atoms with E-state index in [2.05, 4.69) is 19.9 Å². The summed E-state index contributed by atoms with van der Waals surface area (Å²) in [6.07, 6.45) is 1.65. The molecule has 0 aliphatic heterocycles. The van der Waals surface area contributed by atoms with Crippen LogP contribution in [0.3, 0.4) is 0 Å². The molecule has 31 heavy (non-hydrogen) atoms. The first-order valence-corrected chi connectivity index (χ1v) is 9.74. The molecule has 0 aliphatic carbocycles. The number of carbonyl (C=O) groups is 1. The van der Waals surface area contributed by atoms with Gasteiger partial charge in [0.2, 0.25) is 0 Å². The summed E-state index contributed by atoms with van der Waals surface area (Å²) in [5.41, 5.74) is 9.22. The molecule has 5 N–H and O–H groups in total. The van der Waals surface area contributed by atoms with Gasteiger partial charge in [0.1, 0.15) is 17.6 Å². The van der Waals surface area contributed by atoms with Gasteiger partial charge in [-0.05, 0) is 42.2 Å². The quantitative estimate of drug-likeness (QED) is 0.359. The molecule has 2 aromatic heterocycles. The zero-order valence-electron chi connectivity index (χ0n) is 16.8. The molecule has 0 radical (unpaired) electrons. The molecule has 9 nitrogen and oxygen atoms in total. The second-order valence-corrected chi connectivity index (χ2v) is 7.01. The van der Waals surface area contributed by atoms with Crippen molar-refractivity contribution in [3.63, 3.8) is 0 Å². The van der Waals surface area contributed by atoms with Crippen LogP contribution >= 0.6 is 0 Å². The predicted octanol–water partition coefficient (Wildman–Crippen LogP) is 2.33. The summed E-state index contributed by atoms with van der Waals surface area (Å²) in [7, 11) is 0. The molecule has 2 aromatic carbocycles. The Labute approximate surface area is 176 Å². The van der Waals surface area contributed by atoms with Crippen LogP contribution in [-0.2, 0) is 11.2 Å². The molecular formula is C22H21N5O4. The van der Waals surface area contributed by atoms with Crippen molar-refractivity contribution in [2.75, 3.05) is 6.61 Å². The summed E-state index contributed by atoms with van der Waals surface area (Å²) in [5.74, 6) is -0.116. The second-order valence-electron chi connectivity index (χ2n) is 7.01. The van der Waals surface area contributed by atoms with E-state index >= 15 is 0 Å². The molecule has 0 saturated carbocycles. The number of aliphatic carboxylic acids is 1. The lowest BCUT2D eigenvalue weighted by Crippen LogP contribution is -2.32. The van der Waals surface area contributed by atoms with Gasteiger partial charge < -0.3 is 25.5 Å². The number of aromatic nitrogens is 4. The molecule has 4 aromatic rings. The molecule has 2 heterocycles. The van der Waals surface area contributed by atoms with Crippen molar-refractivity contribution in [3.05, 3.63) is 64.7 Å². The third kappa shape index (κ3) is 4.17. The first-order valence-electron chi connectivity index (χ1n) is 9.74. The average molecular weight is 419 g/mol. The van der Waals surface area contributed by atoms with Crippen molar-refractivity contribution >= 4 is 17.1 Å². The Balaban J connectivity index is 1.74. The van der Waals surface area contributed by atoms with Crippen LogP contribution in [0.1, 0.15) is 12.5 Å². The lowest BCUT2D eigenvalue weighted by molar-refractivity contribution is -0.138. The summed E-state index contributed by atoms with van der Waals surface area (Å²) in [5, 5.41) is 9.06.